The number of carbonyl (C=O) groups is 2. The molecule has 0 saturated carbocycles. The third-order valence-electron chi connectivity index (χ3n) is 10.1. The molecule has 0 bridgehead atoms. The zero-order valence-electron chi connectivity index (χ0n) is 28.5. The van der Waals surface area contributed by atoms with Gasteiger partial charge in [0.1, 0.15) is 11.9 Å². The highest BCUT2D eigenvalue weighted by Gasteiger charge is 2.42. The number of likely N-dealkylation sites (tertiary alicyclic amines) is 2. The second kappa shape index (κ2) is 16.3. The molecule has 2 aromatic rings. The maximum Gasteiger partial charge on any atom is 0.410 e. The van der Waals surface area contributed by atoms with Crippen molar-refractivity contribution in [3.8, 4) is 0 Å². The smallest absolute Gasteiger partial charge is 0.410 e. The van der Waals surface area contributed by atoms with Gasteiger partial charge in [-0.15, -0.1) is 0 Å². The maximum atomic E-state index is 12.3. The first-order chi connectivity index (χ1) is 21.8. The molecular weight excluding hydrogens is 619 g/mol. The third-order valence-corrected chi connectivity index (χ3v) is 10.5. The summed E-state index contributed by atoms with van der Waals surface area (Å²) in [7, 11) is 0. The van der Waals surface area contributed by atoms with Crippen molar-refractivity contribution >= 4 is 35.6 Å². The van der Waals surface area contributed by atoms with Crippen molar-refractivity contribution in [1.82, 2.24) is 20.4 Å². The van der Waals surface area contributed by atoms with Crippen molar-refractivity contribution in [1.29, 1.82) is 0 Å². The number of hydrogen-bond donors (Lipinski definition) is 2. The molecule has 2 aromatic carbocycles. The number of rotatable bonds is 3. The van der Waals surface area contributed by atoms with Crippen LogP contribution in [0.15, 0.2) is 36.4 Å². The van der Waals surface area contributed by atoms with Crippen LogP contribution in [0.1, 0.15) is 86.3 Å². The molecule has 0 aliphatic carbocycles. The van der Waals surface area contributed by atoms with Crippen molar-refractivity contribution in [2.45, 2.75) is 85.3 Å². The van der Waals surface area contributed by atoms with E-state index in [4.69, 9.17) is 27.9 Å². The Hall–Kier alpha value is -2.16. The SMILES string of the molecule is C1CC2(CCN1)CCNC2.Cc1ccc(Cl)cc1C=O.Cc1ccc(Cl)cc1CN1CCC2(CCN(C(=O)OC(C)(C)C)CC2)C1. The van der Waals surface area contributed by atoms with Crippen molar-refractivity contribution in [3.63, 3.8) is 0 Å². The summed E-state index contributed by atoms with van der Waals surface area (Å²) in [5.74, 6) is 0. The minimum Gasteiger partial charge on any atom is -0.444 e. The van der Waals surface area contributed by atoms with Gasteiger partial charge in [-0.25, -0.2) is 4.79 Å². The molecule has 2 N–H and O–H groups in total. The highest BCUT2D eigenvalue weighted by atomic mass is 35.5. The van der Waals surface area contributed by atoms with Crippen LogP contribution in [0.25, 0.3) is 0 Å². The number of nitrogens with one attached hydrogen (secondary N) is 2. The molecular formula is C37H54Cl2N4O3. The van der Waals surface area contributed by atoms with E-state index in [9.17, 15) is 9.59 Å². The van der Waals surface area contributed by atoms with Gasteiger partial charge >= 0.3 is 6.09 Å². The summed E-state index contributed by atoms with van der Waals surface area (Å²) in [5.41, 5.74) is 4.87. The van der Waals surface area contributed by atoms with Crippen molar-refractivity contribution in [3.05, 3.63) is 68.7 Å². The van der Waals surface area contributed by atoms with Crippen molar-refractivity contribution in [2.75, 3.05) is 52.4 Å². The molecule has 4 aliphatic heterocycles. The van der Waals surface area contributed by atoms with Gasteiger partial charge in [-0.2, -0.15) is 0 Å². The van der Waals surface area contributed by atoms with E-state index < -0.39 is 5.60 Å². The number of aldehydes is 1. The molecule has 4 heterocycles. The van der Waals surface area contributed by atoms with Crippen LogP contribution in [-0.2, 0) is 11.3 Å². The molecule has 0 aromatic heterocycles. The molecule has 2 spiro atoms. The number of piperidine rings is 2. The summed E-state index contributed by atoms with van der Waals surface area (Å²) in [5, 5.41) is 8.28. The summed E-state index contributed by atoms with van der Waals surface area (Å²) in [6.45, 7) is 19.6. The summed E-state index contributed by atoms with van der Waals surface area (Å²) in [4.78, 5) is 27.0. The molecule has 0 atom stereocenters. The van der Waals surface area contributed by atoms with E-state index in [1.54, 1.807) is 12.1 Å². The van der Waals surface area contributed by atoms with Gasteiger partial charge in [0.2, 0.25) is 0 Å². The van der Waals surface area contributed by atoms with Crippen LogP contribution in [0.3, 0.4) is 0 Å². The Bertz CT molecular complexity index is 1310. The van der Waals surface area contributed by atoms with E-state index in [0.717, 1.165) is 62.4 Å². The fraction of sp³-hybridized carbons (Fsp3) is 0.622. The third kappa shape index (κ3) is 10.7. The standard InChI is InChI=1S/C21H31ClN2O2.C8H7ClO.C8H16N2/c1-16-5-6-18(22)13-17(16)14-23-10-7-21(15-23)8-11-24(12-9-21)19(25)26-20(2,3)4;1-6-2-3-8(9)4-7(6)5-10;1-4-9-5-2-8(1)3-6-10-7-8/h5-6,13H,7-12,14-15H2,1-4H3;2-5H,1H3;9-10H,1-7H2. The fourth-order valence-corrected chi connectivity index (χ4v) is 7.41. The van der Waals surface area contributed by atoms with Crippen LogP contribution in [0.4, 0.5) is 4.79 Å². The molecule has 254 valence electrons. The van der Waals surface area contributed by atoms with Gasteiger partial charge in [-0.3, -0.25) is 9.69 Å². The quantitative estimate of drug-likeness (QED) is 0.326. The number of hydrogen-bond acceptors (Lipinski definition) is 6. The Morgan fingerprint density at radius 3 is 2.02 bits per heavy atom. The minimum absolute atomic E-state index is 0.170. The average Bonchev–Trinajstić information content (AvgIpc) is 3.63. The second-order valence-corrected chi connectivity index (χ2v) is 15.7. The van der Waals surface area contributed by atoms with Gasteiger partial charge in [-0.1, -0.05) is 35.3 Å². The number of benzene rings is 2. The first kappa shape index (κ1) is 36.7. The first-order valence-corrected chi connectivity index (χ1v) is 17.6. The molecule has 46 heavy (non-hydrogen) atoms. The van der Waals surface area contributed by atoms with E-state index in [1.807, 2.05) is 44.7 Å². The zero-order valence-corrected chi connectivity index (χ0v) is 30.0. The van der Waals surface area contributed by atoms with Gasteiger partial charge in [0.15, 0.2) is 0 Å². The van der Waals surface area contributed by atoms with E-state index in [2.05, 4.69) is 34.6 Å². The van der Waals surface area contributed by atoms with Crippen LogP contribution in [0.2, 0.25) is 10.0 Å². The Labute approximate surface area is 286 Å². The normalized spacial score (nSPS) is 20.5. The lowest BCUT2D eigenvalue weighted by molar-refractivity contribution is 0.0109. The molecule has 0 unspecified atom stereocenters. The molecule has 4 aliphatic rings. The zero-order chi connectivity index (χ0) is 33.4. The average molecular weight is 674 g/mol. The van der Waals surface area contributed by atoms with Gasteiger partial charge in [-0.05, 0) is 151 Å². The molecule has 4 saturated heterocycles. The summed E-state index contributed by atoms with van der Waals surface area (Å²) >= 11 is 11.8. The number of aryl methyl sites for hydroxylation is 2. The van der Waals surface area contributed by atoms with Crippen LogP contribution in [0, 0.1) is 24.7 Å². The molecule has 1 amide bonds. The molecule has 9 heteroatoms. The van der Waals surface area contributed by atoms with E-state index >= 15 is 0 Å². The fourth-order valence-electron chi connectivity index (χ4n) is 7.03. The van der Waals surface area contributed by atoms with E-state index in [1.165, 1.54) is 63.0 Å². The summed E-state index contributed by atoms with van der Waals surface area (Å²) in [6, 6.07) is 11.4. The largest absolute Gasteiger partial charge is 0.444 e. The lowest BCUT2D eigenvalue weighted by Gasteiger charge is -2.39. The number of carbonyl (C=O) groups excluding carboxylic acids is 2. The predicted octanol–water partition coefficient (Wildman–Crippen LogP) is 7.68. The summed E-state index contributed by atoms with van der Waals surface area (Å²) in [6.07, 6.45) is 8.18. The molecule has 7 nitrogen and oxygen atoms in total. The van der Waals surface area contributed by atoms with Crippen molar-refractivity contribution < 1.29 is 14.3 Å². The predicted molar refractivity (Wildman–Crippen MR) is 189 cm³/mol. The Morgan fingerprint density at radius 2 is 1.43 bits per heavy atom. The topological polar surface area (TPSA) is 73.9 Å². The number of nitrogens with zero attached hydrogens (tertiary/aromatic N) is 2. The van der Waals surface area contributed by atoms with E-state index in [0.29, 0.717) is 21.4 Å². The van der Waals surface area contributed by atoms with Gasteiger partial charge in [0.05, 0.1) is 0 Å². The molecule has 6 rings (SSSR count). The lowest BCUT2D eigenvalue weighted by atomic mass is 9.78. The second-order valence-electron chi connectivity index (χ2n) is 14.8. The van der Waals surface area contributed by atoms with Gasteiger partial charge in [0.25, 0.3) is 0 Å². The number of ether oxygens (including phenoxy) is 1. The summed E-state index contributed by atoms with van der Waals surface area (Å²) < 4.78 is 5.52. The lowest BCUT2D eigenvalue weighted by Crippen LogP contribution is -2.46. The first-order valence-electron chi connectivity index (χ1n) is 16.9. The molecule has 0 radical (unpaired) electrons. The van der Waals surface area contributed by atoms with Crippen LogP contribution in [0.5, 0.6) is 0 Å². The van der Waals surface area contributed by atoms with Crippen LogP contribution in [-0.4, -0.2) is 80.1 Å². The Kier molecular flexibility index (Phi) is 13.0. The molecule has 4 fully saturated rings. The Morgan fingerprint density at radius 1 is 0.848 bits per heavy atom. The minimum atomic E-state index is -0.425. The van der Waals surface area contributed by atoms with E-state index in [-0.39, 0.29) is 6.09 Å². The Balaban J connectivity index is 0.000000194. The highest BCUT2D eigenvalue weighted by Crippen LogP contribution is 2.41. The van der Waals surface area contributed by atoms with Crippen LogP contribution < -0.4 is 10.6 Å². The van der Waals surface area contributed by atoms with Gasteiger partial charge in [0, 0.05) is 48.3 Å². The number of halogens is 2. The van der Waals surface area contributed by atoms with Gasteiger partial charge < -0.3 is 20.3 Å². The van der Waals surface area contributed by atoms with Crippen molar-refractivity contribution in [2.24, 2.45) is 10.8 Å². The monoisotopic (exact) mass is 672 g/mol. The maximum absolute atomic E-state index is 12.3. The number of amides is 1. The van der Waals surface area contributed by atoms with Crippen LogP contribution >= 0.6 is 23.2 Å². The highest BCUT2D eigenvalue weighted by molar-refractivity contribution is 6.31.